The molecule has 1 atom stereocenters. The maximum absolute atomic E-state index is 13.7. The number of ether oxygens (including phenoxy) is 2. The summed E-state index contributed by atoms with van der Waals surface area (Å²) in [5, 5.41) is 0.452. The summed E-state index contributed by atoms with van der Waals surface area (Å²) in [5.74, 6) is 1.47. The highest BCUT2D eigenvalue weighted by molar-refractivity contribution is 5.99. The molecular weight excluding hydrogens is 446 g/mol. The number of hydrogen-bond acceptors (Lipinski definition) is 6. The second-order valence-corrected chi connectivity index (χ2v) is 8.70. The number of fused-ring (bicyclic) bond motifs is 2. The van der Waals surface area contributed by atoms with Crippen molar-refractivity contribution in [2.24, 2.45) is 0 Å². The Hall–Kier alpha value is -4.00. The molecule has 5 rings (SSSR count). The van der Waals surface area contributed by atoms with E-state index in [-0.39, 0.29) is 23.6 Å². The molecule has 7 nitrogen and oxygen atoms in total. The van der Waals surface area contributed by atoms with Gasteiger partial charge in [-0.05, 0) is 55.3 Å². The van der Waals surface area contributed by atoms with E-state index in [4.69, 9.17) is 18.3 Å². The second-order valence-electron chi connectivity index (χ2n) is 8.70. The molecule has 0 bridgehead atoms. The summed E-state index contributed by atoms with van der Waals surface area (Å²) >= 11 is 0. The quantitative estimate of drug-likeness (QED) is 0.309. The number of carbonyl (C=O) groups is 1. The molecule has 7 heteroatoms. The summed E-state index contributed by atoms with van der Waals surface area (Å²) < 4.78 is 23.0. The Morgan fingerprint density at radius 3 is 2.66 bits per heavy atom. The summed E-state index contributed by atoms with van der Waals surface area (Å²) in [6.45, 7) is 4.78. The smallest absolute Gasteiger partial charge is 0.291 e. The van der Waals surface area contributed by atoms with Crippen LogP contribution in [0.4, 0.5) is 0 Å². The predicted molar refractivity (Wildman–Crippen MR) is 131 cm³/mol. The van der Waals surface area contributed by atoms with Gasteiger partial charge >= 0.3 is 0 Å². The number of rotatable bonds is 8. The highest BCUT2D eigenvalue weighted by atomic mass is 16.5. The van der Waals surface area contributed by atoms with Crippen LogP contribution in [0.1, 0.15) is 58.8 Å². The first-order valence-corrected chi connectivity index (χ1v) is 11.7. The minimum absolute atomic E-state index is 0.0603. The van der Waals surface area contributed by atoms with Crippen molar-refractivity contribution in [3.63, 3.8) is 0 Å². The molecule has 0 saturated heterocycles. The van der Waals surface area contributed by atoms with E-state index >= 15 is 0 Å². The lowest BCUT2D eigenvalue weighted by molar-refractivity contribution is 0.0701. The number of aryl methyl sites for hydroxylation is 1. The first kappa shape index (κ1) is 22.8. The van der Waals surface area contributed by atoms with Gasteiger partial charge < -0.3 is 23.2 Å². The lowest BCUT2D eigenvalue weighted by Crippen LogP contribution is -2.29. The van der Waals surface area contributed by atoms with Gasteiger partial charge in [0.05, 0.1) is 43.5 Å². The molecule has 1 aliphatic rings. The molecule has 0 saturated carbocycles. The van der Waals surface area contributed by atoms with Gasteiger partial charge in [-0.15, -0.1) is 0 Å². The molecule has 0 N–H and O–H groups in total. The first-order chi connectivity index (χ1) is 17.0. The molecule has 1 unspecified atom stereocenters. The minimum atomic E-state index is -0.664. The van der Waals surface area contributed by atoms with Gasteiger partial charge in [0.15, 0.2) is 16.9 Å². The standard InChI is InChI=1S/C28H27NO6/c1-4-5-12-34-22-11-9-18(15-23(22)32-3)25-24-26(30)20-14-17(2)8-10-21(20)35-27(24)28(31)29(25)16-19-7-6-13-33-19/h6-11,13-15,25H,4-5,12,16H2,1-3H3. The molecule has 1 amide bonds. The molecule has 4 aromatic rings. The fraction of sp³-hybridized carbons (Fsp3) is 0.286. The Kier molecular flexibility index (Phi) is 6.07. The Balaban J connectivity index is 1.66. The maximum atomic E-state index is 13.7. The number of carbonyl (C=O) groups excluding carboxylic acids is 1. The van der Waals surface area contributed by atoms with E-state index in [2.05, 4.69) is 6.92 Å². The SMILES string of the molecule is CCCCOc1ccc(C2c3c(oc4ccc(C)cc4c3=O)C(=O)N2Cc2ccco2)cc1OC. The summed E-state index contributed by atoms with van der Waals surface area (Å²) in [6, 6.07) is 13.8. The Morgan fingerprint density at radius 1 is 1.06 bits per heavy atom. The van der Waals surface area contributed by atoms with Crippen molar-refractivity contribution < 1.29 is 23.1 Å². The topological polar surface area (TPSA) is 82.1 Å². The monoisotopic (exact) mass is 473 g/mol. The Morgan fingerprint density at radius 2 is 1.91 bits per heavy atom. The second kappa shape index (κ2) is 9.33. The summed E-state index contributed by atoms with van der Waals surface area (Å²) in [4.78, 5) is 28.9. The number of unbranched alkanes of at least 4 members (excludes halogenated alkanes) is 1. The zero-order valence-electron chi connectivity index (χ0n) is 20.0. The molecule has 1 aliphatic heterocycles. The summed E-state index contributed by atoms with van der Waals surface area (Å²) in [7, 11) is 1.57. The van der Waals surface area contributed by atoms with Crippen LogP contribution in [-0.2, 0) is 6.54 Å². The van der Waals surface area contributed by atoms with E-state index in [1.54, 1.807) is 42.5 Å². The number of benzene rings is 2. The van der Waals surface area contributed by atoms with E-state index in [9.17, 15) is 9.59 Å². The molecule has 0 radical (unpaired) electrons. The molecule has 0 aliphatic carbocycles. The van der Waals surface area contributed by atoms with Crippen molar-refractivity contribution >= 4 is 16.9 Å². The van der Waals surface area contributed by atoms with Crippen LogP contribution in [-0.4, -0.2) is 24.5 Å². The lowest BCUT2D eigenvalue weighted by Gasteiger charge is -2.25. The lowest BCUT2D eigenvalue weighted by atomic mass is 9.97. The van der Waals surface area contributed by atoms with Gasteiger partial charge in [-0.2, -0.15) is 0 Å². The number of methoxy groups -OCH3 is 1. The third kappa shape index (κ3) is 4.07. The first-order valence-electron chi connectivity index (χ1n) is 11.7. The highest BCUT2D eigenvalue weighted by Crippen LogP contribution is 2.41. The largest absolute Gasteiger partial charge is 0.493 e. The number of furan rings is 1. The van der Waals surface area contributed by atoms with E-state index in [0.29, 0.717) is 40.4 Å². The number of nitrogens with zero attached hydrogens (tertiary/aromatic N) is 1. The fourth-order valence-corrected chi connectivity index (χ4v) is 4.51. The molecule has 2 aromatic carbocycles. The predicted octanol–water partition coefficient (Wildman–Crippen LogP) is 5.63. The maximum Gasteiger partial charge on any atom is 0.291 e. The molecule has 35 heavy (non-hydrogen) atoms. The van der Waals surface area contributed by atoms with Crippen LogP contribution in [0.2, 0.25) is 0 Å². The van der Waals surface area contributed by atoms with Gasteiger partial charge in [0, 0.05) is 0 Å². The third-order valence-corrected chi connectivity index (χ3v) is 6.29. The minimum Gasteiger partial charge on any atom is -0.493 e. The van der Waals surface area contributed by atoms with Gasteiger partial charge in [-0.25, -0.2) is 0 Å². The van der Waals surface area contributed by atoms with Crippen molar-refractivity contribution in [1.29, 1.82) is 0 Å². The average Bonchev–Trinajstić information content (AvgIpc) is 3.47. The number of amides is 1. The molecular formula is C28H27NO6. The highest BCUT2D eigenvalue weighted by Gasteiger charge is 2.43. The van der Waals surface area contributed by atoms with Gasteiger partial charge in [0.2, 0.25) is 5.76 Å². The van der Waals surface area contributed by atoms with Crippen molar-refractivity contribution in [3.05, 3.63) is 93.2 Å². The van der Waals surface area contributed by atoms with Crippen LogP contribution in [0.5, 0.6) is 11.5 Å². The van der Waals surface area contributed by atoms with Crippen LogP contribution in [0, 0.1) is 6.92 Å². The molecule has 2 aromatic heterocycles. The molecule has 0 spiro atoms. The van der Waals surface area contributed by atoms with Crippen molar-refractivity contribution in [1.82, 2.24) is 4.90 Å². The Labute approximate surface area is 202 Å². The normalized spacial score (nSPS) is 15.0. The molecule has 0 fully saturated rings. The summed E-state index contributed by atoms with van der Waals surface area (Å²) in [6.07, 6.45) is 3.51. The van der Waals surface area contributed by atoms with Crippen LogP contribution in [0.25, 0.3) is 11.0 Å². The van der Waals surface area contributed by atoms with Crippen molar-refractivity contribution in [2.45, 2.75) is 39.3 Å². The van der Waals surface area contributed by atoms with E-state index in [0.717, 1.165) is 24.0 Å². The zero-order chi connectivity index (χ0) is 24.5. The van der Waals surface area contributed by atoms with Crippen LogP contribution in [0.15, 0.2) is 68.4 Å². The average molecular weight is 474 g/mol. The fourth-order valence-electron chi connectivity index (χ4n) is 4.51. The number of hydrogen-bond donors (Lipinski definition) is 0. The Bertz CT molecular complexity index is 1440. The van der Waals surface area contributed by atoms with Crippen molar-refractivity contribution in [3.8, 4) is 11.5 Å². The van der Waals surface area contributed by atoms with Gasteiger partial charge in [0.1, 0.15) is 11.3 Å². The van der Waals surface area contributed by atoms with Gasteiger partial charge in [0.25, 0.3) is 5.91 Å². The van der Waals surface area contributed by atoms with Crippen LogP contribution < -0.4 is 14.9 Å². The van der Waals surface area contributed by atoms with Gasteiger partial charge in [-0.3, -0.25) is 9.59 Å². The van der Waals surface area contributed by atoms with E-state index < -0.39 is 6.04 Å². The van der Waals surface area contributed by atoms with Crippen LogP contribution in [0.3, 0.4) is 0 Å². The third-order valence-electron chi connectivity index (χ3n) is 6.29. The van der Waals surface area contributed by atoms with Crippen molar-refractivity contribution in [2.75, 3.05) is 13.7 Å². The van der Waals surface area contributed by atoms with E-state index in [1.807, 2.05) is 31.2 Å². The van der Waals surface area contributed by atoms with Gasteiger partial charge in [-0.1, -0.05) is 31.0 Å². The molecule has 180 valence electrons. The molecule has 3 heterocycles. The van der Waals surface area contributed by atoms with E-state index in [1.165, 1.54) is 0 Å². The van der Waals surface area contributed by atoms with Crippen LogP contribution >= 0.6 is 0 Å². The zero-order valence-corrected chi connectivity index (χ0v) is 20.0. The summed E-state index contributed by atoms with van der Waals surface area (Å²) in [5.41, 5.74) is 2.16.